The van der Waals surface area contributed by atoms with Crippen LogP contribution in [0.15, 0.2) is 48.7 Å². The summed E-state index contributed by atoms with van der Waals surface area (Å²) in [5, 5.41) is 7.86. The van der Waals surface area contributed by atoms with Crippen LogP contribution >= 0.6 is 34.8 Å². The fraction of sp³-hybridized carbons (Fsp3) is 0.158. The zero-order valence-electron chi connectivity index (χ0n) is 15.0. The Balaban J connectivity index is 1.70. The Morgan fingerprint density at radius 2 is 1.87 bits per heavy atom. The molecule has 5 nitrogen and oxygen atoms in total. The quantitative estimate of drug-likeness (QED) is 0.467. The molecule has 0 unspecified atom stereocenters. The maximum absolute atomic E-state index is 12.4. The van der Waals surface area contributed by atoms with E-state index < -0.39 is 18.7 Å². The number of benzene rings is 2. The van der Waals surface area contributed by atoms with Crippen molar-refractivity contribution in [1.29, 1.82) is 0 Å². The van der Waals surface area contributed by atoms with Crippen molar-refractivity contribution in [2.75, 3.05) is 11.9 Å². The molecule has 0 aliphatic rings. The lowest BCUT2D eigenvalue weighted by molar-refractivity contribution is -0.153. The molecular weight excluding hydrogens is 466 g/mol. The molecule has 0 saturated heterocycles. The molecule has 0 aliphatic heterocycles. The van der Waals surface area contributed by atoms with Gasteiger partial charge < -0.3 is 10.1 Å². The van der Waals surface area contributed by atoms with E-state index in [4.69, 9.17) is 34.8 Å². The number of nitrogens with one attached hydrogen (secondary N) is 1. The zero-order chi connectivity index (χ0) is 21.9. The molecular formula is C19H13Cl3F3N3O2. The highest BCUT2D eigenvalue weighted by molar-refractivity contribution is 6.35. The van der Waals surface area contributed by atoms with Crippen molar-refractivity contribution < 1.29 is 22.7 Å². The Kier molecular flexibility index (Phi) is 6.80. The highest BCUT2D eigenvalue weighted by Gasteiger charge is 2.28. The first kappa shape index (κ1) is 22.3. The lowest BCUT2D eigenvalue weighted by Gasteiger charge is -2.10. The third kappa shape index (κ3) is 6.04. The van der Waals surface area contributed by atoms with Crippen molar-refractivity contribution in [3.05, 3.63) is 74.9 Å². The van der Waals surface area contributed by atoms with E-state index in [1.807, 2.05) is 0 Å². The van der Waals surface area contributed by atoms with Gasteiger partial charge in [0.1, 0.15) is 10.8 Å². The molecule has 0 bridgehead atoms. The average molecular weight is 479 g/mol. The smallest absolute Gasteiger partial charge is 0.422 e. The summed E-state index contributed by atoms with van der Waals surface area (Å²) >= 11 is 18.2. The summed E-state index contributed by atoms with van der Waals surface area (Å²) in [5.74, 6) is -0.605. The first-order valence-corrected chi connectivity index (χ1v) is 9.52. The van der Waals surface area contributed by atoms with Crippen LogP contribution in [0, 0.1) is 0 Å². The SMILES string of the molecule is O=C(Nc1nn(Cc2ccc(Cl)cc2Cl)cc1Cl)c1cccc(OCC(F)(F)F)c1. The van der Waals surface area contributed by atoms with Crippen LogP contribution in [0.5, 0.6) is 5.75 Å². The van der Waals surface area contributed by atoms with Gasteiger partial charge in [0.15, 0.2) is 12.4 Å². The van der Waals surface area contributed by atoms with Crippen molar-refractivity contribution in [2.24, 2.45) is 0 Å². The topological polar surface area (TPSA) is 56.2 Å². The minimum absolute atomic E-state index is 0.0843. The minimum atomic E-state index is -4.48. The Morgan fingerprint density at radius 3 is 2.57 bits per heavy atom. The highest BCUT2D eigenvalue weighted by atomic mass is 35.5. The number of hydrogen-bond donors (Lipinski definition) is 1. The Bertz CT molecular complexity index is 1070. The van der Waals surface area contributed by atoms with Crippen LogP contribution in [-0.4, -0.2) is 28.5 Å². The van der Waals surface area contributed by atoms with Gasteiger partial charge in [0.05, 0.1) is 6.54 Å². The standard InChI is InChI=1S/C19H13Cl3F3N3O2/c20-13-5-4-12(15(21)7-13)8-28-9-16(22)17(27-28)26-18(29)11-2-1-3-14(6-11)30-10-19(23,24)25/h1-7,9H,8,10H2,(H,26,27,29). The first-order valence-electron chi connectivity index (χ1n) is 8.38. The molecule has 0 atom stereocenters. The predicted molar refractivity (Wildman–Crippen MR) is 109 cm³/mol. The number of rotatable bonds is 6. The van der Waals surface area contributed by atoms with Gasteiger partial charge >= 0.3 is 6.18 Å². The van der Waals surface area contributed by atoms with Crippen LogP contribution in [0.25, 0.3) is 0 Å². The van der Waals surface area contributed by atoms with E-state index in [0.29, 0.717) is 10.0 Å². The van der Waals surface area contributed by atoms with Gasteiger partial charge in [-0.25, -0.2) is 0 Å². The lowest BCUT2D eigenvalue weighted by atomic mass is 10.2. The molecule has 11 heteroatoms. The van der Waals surface area contributed by atoms with Gasteiger partial charge in [0.25, 0.3) is 5.91 Å². The maximum Gasteiger partial charge on any atom is 0.422 e. The third-order valence-corrected chi connectivity index (χ3v) is 4.66. The van der Waals surface area contributed by atoms with Crippen molar-refractivity contribution in [1.82, 2.24) is 9.78 Å². The number of anilines is 1. The van der Waals surface area contributed by atoms with E-state index in [1.54, 1.807) is 18.2 Å². The van der Waals surface area contributed by atoms with Crippen molar-refractivity contribution in [3.63, 3.8) is 0 Å². The summed E-state index contributed by atoms with van der Waals surface area (Å²) in [6, 6.07) is 10.4. The number of hydrogen-bond acceptors (Lipinski definition) is 3. The maximum atomic E-state index is 12.4. The van der Waals surface area contributed by atoms with Gasteiger partial charge in [-0.3, -0.25) is 9.48 Å². The number of carbonyl (C=O) groups excluding carboxylic acids is 1. The van der Waals surface area contributed by atoms with Crippen LogP contribution < -0.4 is 10.1 Å². The van der Waals surface area contributed by atoms with E-state index in [1.165, 1.54) is 35.1 Å². The van der Waals surface area contributed by atoms with Crippen LogP contribution in [-0.2, 0) is 6.54 Å². The van der Waals surface area contributed by atoms with Gasteiger partial charge in [-0.2, -0.15) is 18.3 Å². The van der Waals surface area contributed by atoms with Gasteiger partial charge in [-0.15, -0.1) is 0 Å². The molecule has 2 aromatic carbocycles. The zero-order valence-corrected chi connectivity index (χ0v) is 17.3. The van der Waals surface area contributed by atoms with Crippen LogP contribution in [0.1, 0.15) is 15.9 Å². The van der Waals surface area contributed by atoms with E-state index in [-0.39, 0.29) is 28.7 Å². The molecule has 3 aromatic rings. The van der Waals surface area contributed by atoms with Crippen molar-refractivity contribution >= 4 is 46.5 Å². The van der Waals surface area contributed by atoms with Gasteiger partial charge in [0.2, 0.25) is 0 Å². The fourth-order valence-corrected chi connectivity index (χ4v) is 3.13. The molecule has 30 heavy (non-hydrogen) atoms. The second kappa shape index (κ2) is 9.16. The largest absolute Gasteiger partial charge is 0.484 e. The summed E-state index contributed by atoms with van der Waals surface area (Å²) in [5.41, 5.74) is 0.827. The molecule has 3 rings (SSSR count). The highest BCUT2D eigenvalue weighted by Crippen LogP contribution is 2.25. The first-order chi connectivity index (χ1) is 14.1. The van der Waals surface area contributed by atoms with Gasteiger partial charge in [0, 0.05) is 21.8 Å². The van der Waals surface area contributed by atoms with Crippen molar-refractivity contribution in [3.8, 4) is 5.75 Å². The third-order valence-electron chi connectivity index (χ3n) is 3.80. The molecule has 158 valence electrons. The summed E-state index contributed by atoms with van der Waals surface area (Å²) in [6.07, 6.45) is -2.98. The molecule has 1 aromatic heterocycles. The monoisotopic (exact) mass is 477 g/mol. The number of alkyl halides is 3. The molecule has 0 fully saturated rings. The fourth-order valence-electron chi connectivity index (χ4n) is 2.46. The van der Waals surface area contributed by atoms with Crippen LogP contribution in [0.2, 0.25) is 15.1 Å². The normalized spacial score (nSPS) is 11.4. The number of ether oxygens (including phenoxy) is 1. The number of amides is 1. The summed E-state index contributed by atoms with van der Waals surface area (Å²) in [6.45, 7) is -1.17. The molecule has 0 saturated carbocycles. The summed E-state index contributed by atoms with van der Waals surface area (Å²) < 4.78 is 43.0. The minimum Gasteiger partial charge on any atom is -0.484 e. The number of halogens is 6. The number of nitrogens with zero attached hydrogens (tertiary/aromatic N) is 2. The average Bonchev–Trinajstić information content (AvgIpc) is 3.01. The van der Waals surface area contributed by atoms with E-state index >= 15 is 0 Å². The molecule has 1 heterocycles. The molecule has 1 N–H and O–H groups in total. The van der Waals surface area contributed by atoms with E-state index in [9.17, 15) is 18.0 Å². The van der Waals surface area contributed by atoms with Crippen molar-refractivity contribution in [2.45, 2.75) is 12.7 Å². The van der Waals surface area contributed by atoms with Crippen LogP contribution in [0.3, 0.4) is 0 Å². The molecule has 0 aliphatic carbocycles. The van der Waals surface area contributed by atoms with E-state index in [2.05, 4.69) is 15.2 Å². The Morgan fingerprint density at radius 1 is 1.10 bits per heavy atom. The van der Waals surface area contributed by atoms with E-state index in [0.717, 1.165) is 5.56 Å². The molecule has 1 amide bonds. The van der Waals surface area contributed by atoms with Gasteiger partial charge in [-0.1, -0.05) is 46.9 Å². The Labute approximate surface area is 184 Å². The number of aromatic nitrogens is 2. The molecule has 0 radical (unpaired) electrons. The molecule has 0 spiro atoms. The Hall–Kier alpha value is -2.42. The second-order valence-corrected chi connectivity index (χ2v) is 7.40. The lowest BCUT2D eigenvalue weighted by Crippen LogP contribution is -2.19. The van der Waals surface area contributed by atoms with Crippen LogP contribution in [0.4, 0.5) is 19.0 Å². The number of carbonyl (C=O) groups is 1. The predicted octanol–water partition coefficient (Wildman–Crippen LogP) is 6.09. The summed E-state index contributed by atoms with van der Waals surface area (Å²) in [7, 11) is 0. The van der Waals surface area contributed by atoms with Gasteiger partial charge in [-0.05, 0) is 35.9 Å². The summed E-state index contributed by atoms with van der Waals surface area (Å²) in [4.78, 5) is 12.4. The second-order valence-electron chi connectivity index (χ2n) is 6.14.